The Morgan fingerprint density at radius 1 is 1.15 bits per heavy atom. The van der Waals surface area contributed by atoms with Gasteiger partial charge in [0.15, 0.2) is 0 Å². The lowest BCUT2D eigenvalue weighted by atomic mass is 10.1. The SMILES string of the molecule is CCCN(CCC)C(O)C(C)CO. The smallest absolute Gasteiger partial charge is 0.112 e. The summed E-state index contributed by atoms with van der Waals surface area (Å²) >= 11 is 0. The fourth-order valence-corrected chi connectivity index (χ4v) is 1.40. The first-order chi connectivity index (χ1) is 6.17. The molecule has 0 rings (SSSR count). The molecule has 3 heteroatoms. The van der Waals surface area contributed by atoms with Gasteiger partial charge in [0.25, 0.3) is 0 Å². The van der Waals surface area contributed by atoms with Crippen molar-refractivity contribution >= 4 is 0 Å². The number of hydrogen-bond acceptors (Lipinski definition) is 3. The van der Waals surface area contributed by atoms with Gasteiger partial charge in [-0.2, -0.15) is 0 Å². The van der Waals surface area contributed by atoms with Crippen molar-refractivity contribution in [2.45, 2.75) is 39.8 Å². The van der Waals surface area contributed by atoms with Crippen LogP contribution in [0.25, 0.3) is 0 Å². The minimum Gasteiger partial charge on any atom is -0.396 e. The van der Waals surface area contributed by atoms with Crippen molar-refractivity contribution in [2.75, 3.05) is 19.7 Å². The molecule has 0 aromatic carbocycles. The lowest BCUT2D eigenvalue weighted by molar-refractivity contribution is -0.0493. The van der Waals surface area contributed by atoms with E-state index in [1.807, 2.05) is 11.8 Å². The van der Waals surface area contributed by atoms with Crippen molar-refractivity contribution in [1.29, 1.82) is 0 Å². The zero-order valence-electron chi connectivity index (χ0n) is 9.03. The fraction of sp³-hybridized carbons (Fsp3) is 1.00. The predicted molar refractivity (Wildman–Crippen MR) is 54.4 cm³/mol. The maximum Gasteiger partial charge on any atom is 0.112 e. The van der Waals surface area contributed by atoms with Crippen molar-refractivity contribution in [2.24, 2.45) is 5.92 Å². The Bertz CT molecular complexity index is 113. The van der Waals surface area contributed by atoms with Crippen LogP contribution in [0.5, 0.6) is 0 Å². The zero-order valence-corrected chi connectivity index (χ0v) is 9.03. The fourth-order valence-electron chi connectivity index (χ4n) is 1.40. The highest BCUT2D eigenvalue weighted by Crippen LogP contribution is 2.09. The minimum atomic E-state index is -0.495. The van der Waals surface area contributed by atoms with E-state index in [9.17, 15) is 5.11 Å². The Balaban J connectivity index is 4.00. The van der Waals surface area contributed by atoms with Gasteiger partial charge in [-0.15, -0.1) is 0 Å². The molecule has 0 aromatic rings. The summed E-state index contributed by atoms with van der Waals surface area (Å²) in [5.74, 6) is -0.0573. The molecule has 0 heterocycles. The second kappa shape index (κ2) is 7.30. The van der Waals surface area contributed by atoms with Gasteiger partial charge < -0.3 is 10.2 Å². The van der Waals surface area contributed by atoms with E-state index in [1.54, 1.807) is 0 Å². The van der Waals surface area contributed by atoms with Gasteiger partial charge in [0.2, 0.25) is 0 Å². The summed E-state index contributed by atoms with van der Waals surface area (Å²) in [4.78, 5) is 2.03. The number of hydrogen-bond donors (Lipinski definition) is 2. The summed E-state index contributed by atoms with van der Waals surface area (Å²) in [6, 6.07) is 0. The molecule has 0 saturated heterocycles. The first-order valence-electron chi connectivity index (χ1n) is 5.20. The van der Waals surface area contributed by atoms with Crippen LogP contribution in [0.2, 0.25) is 0 Å². The van der Waals surface area contributed by atoms with Gasteiger partial charge >= 0.3 is 0 Å². The van der Waals surface area contributed by atoms with Crippen molar-refractivity contribution in [3.05, 3.63) is 0 Å². The number of nitrogens with zero attached hydrogens (tertiary/aromatic N) is 1. The van der Waals surface area contributed by atoms with Gasteiger partial charge in [-0.1, -0.05) is 20.8 Å². The maximum atomic E-state index is 9.81. The Morgan fingerprint density at radius 2 is 1.62 bits per heavy atom. The van der Waals surface area contributed by atoms with E-state index in [2.05, 4.69) is 13.8 Å². The number of aliphatic hydroxyl groups is 2. The summed E-state index contributed by atoms with van der Waals surface area (Å²) in [5, 5.41) is 18.7. The van der Waals surface area contributed by atoms with E-state index in [-0.39, 0.29) is 12.5 Å². The van der Waals surface area contributed by atoms with Crippen molar-refractivity contribution < 1.29 is 10.2 Å². The first-order valence-corrected chi connectivity index (χ1v) is 5.20. The Labute approximate surface area is 81.4 Å². The summed E-state index contributed by atoms with van der Waals surface area (Å²) in [6.45, 7) is 7.91. The molecule has 0 amide bonds. The highest BCUT2D eigenvalue weighted by molar-refractivity contribution is 4.66. The maximum absolute atomic E-state index is 9.81. The first kappa shape index (κ1) is 12.9. The summed E-state index contributed by atoms with van der Waals surface area (Å²) in [6.07, 6.45) is 1.58. The lowest BCUT2D eigenvalue weighted by Crippen LogP contribution is -2.41. The van der Waals surface area contributed by atoms with E-state index >= 15 is 0 Å². The summed E-state index contributed by atoms with van der Waals surface area (Å²) < 4.78 is 0. The minimum absolute atomic E-state index is 0.0467. The van der Waals surface area contributed by atoms with Gasteiger partial charge in [-0.3, -0.25) is 4.90 Å². The molecule has 0 saturated carbocycles. The van der Waals surface area contributed by atoms with Gasteiger partial charge in [0.1, 0.15) is 6.23 Å². The Hall–Kier alpha value is -0.120. The molecule has 0 fully saturated rings. The molecule has 2 atom stereocenters. The van der Waals surface area contributed by atoms with Gasteiger partial charge in [-0.05, 0) is 12.8 Å². The molecular weight excluding hydrogens is 166 g/mol. The third kappa shape index (κ3) is 4.60. The molecule has 0 bridgehead atoms. The normalized spacial score (nSPS) is 16.2. The average molecular weight is 189 g/mol. The Morgan fingerprint density at radius 3 is 1.92 bits per heavy atom. The van der Waals surface area contributed by atoms with E-state index in [0.717, 1.165) is 25.9 Å². The van der Waals surface area contributed by atoms with Crippen LogP contribution in [0, 0.1) is 5.92 Å². The number of aliphatic hydroxyl groups excluding tert-OH is 2. The molecule has 0 spiro atoms. The molecule has 0 aromatic heterocycles. The van der Waals surface area contributed by atoms with Gasteiger partial charge in [0, 0.05) is 25.6 Å². The average Bonchev–Trinajstić information content (AvgIpc) is 2.15. The Kier molecular flexibility index (Phi) is 7.23. The summed E-state index contributed by atoms with van der Waals surface area (Å²) in [5.41, 5.74) is 0. The summed E-state index contributed by atoms with van der Waals surface area (Å²) in [7, 11) is 0. The van der Waals surface area contributed by atoms with E-state index in [0.29, 0.717) is 0 Å². The quantitative estimate of drug-likeness (QED) is 0.588. The highest BCUT2D eigenvalue weighted by atomic mass is 16.3. The van der Waals surface area contributed by atoms with Crippen molar-refractivity contribution in [3.63, 3.8) is 0 Å². The van der Waals surface area contributed by atoms with Crippen molar-refractivity contribution in [1.82, 2.24) is 4.90 Å². The van der Waals surface area contributed by atoms with E-state index < -0.39 is 6.23 Å². The molecule has 80 valence electrons. The van der Waals surface area contributed by atoms with Crippen LogP contribution >= 0.6 is 0 Å². The molecule has 3 nitrogen and oxygen atoms in total. The molecule has 2 unspecified atom stereocenters. The predicted octanol–water partition coefficient (Wildman–Crippen LogP) is 1.06. The highest BCUT2D eigenvalue weighted by Gasteiger charge is 2.19. The largest absolute Gasteiger partial charge is 0.396 e. The standard InChI is InChI=1S/C10H23NO2/c1-4-6-11(7-5-2)10(13)9(3)8-12/h9-10,12-13H,4-8H2,1-3H3. The van der Waals surface area contributed by atoms with Crippen LogP contribution in [0.4, 0.5) is 0 Å². The molecular formula is C10H23NO2. The number of rotatable bonds is 7. The van der Waals surface area contributed by atoms with E-state index in [4.69, 9.17) is 5.11 Å². The van der Waals surface area contributed by atoms with Crippen molar-refractivity contribution in [3.8, 4) is 0 Å². The lowest BCUT2D eigenvalue weighted by Gasteiger charge is -2.30. The molecule has 0 aliphatic rings. The third-order valence-electron chi connectivity index (χ3n) is 2.19. The molecule has 0 radical (unpaired) electrons. The van der Waals surface area contributed by atoms with E-state index in [1.165, 1.54) is 0 Å². The molecule has 0 aliphatic heterocycles. The monoisotopic (exact) mass is 189 g/mol. The van der Waals surface area contributed by atoms with Crippen LogP contribution in [-0.2, 0) is 0 Å². The molecule has 13 heavy (non-hydrogen) atoms. The van der Waals surface area contributed by atoms with Crippen LogP contribution in [0.15, 0.2) is 0 Å². The topological polar surface area (TPSA) is 43.7 Å². The molecule has 2 N–H and O–H groups in total. The van der Waals surface area contributed by atoms with Gasteiger partial charge in [-0.25, -0.2) is 0 Å². The molecule has 0 aliphatic carbocycles. The van der Waals surface area contributed by atoms with Crippen LogP contribution in [0.3, 0.4) is 0 Å². The van der Waals surface area contributed by atoms with Crippen LogP contribution in [-0.4, -0.2) is 41.0 Å². The zero-order chi connectivity index (χ0) is 10.3. The third-order valence-corrected chi connectivity index (χ3v) is 2.19. The second-order valence-corrected chi connectivity index (χ2v) is 3.61. The van der Waals surface area contributed by atoms with Gasteiger partial charge in [0.05, 0.1) is 0 Å². The van der Waals surface area contributed by atoms with Crippen LogP contribution in [0.1, 0.15) is 33.6 Å². The second-order valence-electron chi connectivity index (χ2n) is 3.61. The van der Waals surface area contributed by atoms with Crippen LogP contribution < -0.4 is 0 Å².